The van der Waals surface area contributed by atoms with E-state index in [1.807, 2.05) is 4.68 Å². The van der Waals surface area contributed by atoms with Crippen LogP contribution in [0.3, 0.4) is 0 Å². The van der Waals surface area contributed by atoms with Gasteiger partial charge in [0.1, 0.15) is 0 Å². The van der Waals surface area contributed by atoms with Gasteiger partial charge in [-0.25, -0.2) is 0 Å². The van der Waals surface area contributed by atoms with Gasteiger partial charge in [-0.3, -0.25) is 4.68 Å². The number of hydrogen-bond acceptors (Lipinski definition) is 2. The van der Waals surface area contributed by atoms with Crippen molar-refractivity contribution < 1.29 is 0 Å². The van der Waals surface area contributed by atoms with Crippen molar-refractivity contribution in [2.24, 2.45) is 0 Å². The number of benzene rings is 1. The number of aromatic nitrogens is 2. The van der Waals surface area contributed by atoms with E-state index in [9.17, 15) is 0 Å². The van der Waals surface area contributed by atoms with Crippen LogP contribution in [0.2, 0.25) is 0 Å². The number of rotatable bonds is 4. The largest absolute Gasteiger partial charge is 0.396 e. The predicted octanol–water partition coefficient (Wildman–Crippen LogP) is 3.24. The average Bonchev–Trinajstić information content (AvgIpc) is 2.68. The lowest BCUT2D eigenvalue weighted by Crippen LogP contribution is -2.06. The van der Waals surface area contributed by atoms with Crippen LogP contribution in [-0.2, 0) is 19.4 Å². The summed E-state index contributed by atoms with van der Waals surface area (Å²) in [4.78, 5) is 0. The molecule has 3 nitrogen and oxygen atoms in total. The van der Waals surface area contributed by atoms with Crippen LogP contribution in [0.4, 0.5) is 5.69 Å². The monoisotopic (exact) mass is 355 g/mol. The number of halogens is 1. The number of aryl methyl sites for hydroxylation is 1. The molecule has 0 aliphatic rings. The summed E-state index contributed by atoms with van der Waals surface area (Å²) >= 11 is 2.31. The van der Waals surface area contributed by atoms with Crippen LogP contribution < -0.4 is 5.73 Å². The number of hydrogen-bond donors (Lipinski definition) is 1. The van der Waals surface area contributed by atoms with Crippen LogP contribution in [0.15, 0.2) is 24.3 Å². The number of nitrogens with zero attached hydrogens (tertiary/aromatic N) is 2. The Morgan fingerprint density at radius 1 is 1.17 bits per heavy atom. The number of anilines is 1. The first-order chi connectivity index (χ1) is 8.65. The zero-order valence-electron chi connectivity index (χ0n) is 10.8. The molecule has 2 rings (SSSR count). The zero-order valence-corrected chi connectivity index (χ0v) is 12.9. The molecule has 2 N–H and O–H groups in total. The molecule has 18 heavy (non-hydrogen) atoms. The summed E-state index contributed by atoms with van der Waals surface area (Å²) in [5, 5.41) is 4.61. The Balaban J connectivity index is 2.31. The molecule has 0 radical (unpaired) electrons. The van der Waals surface area contributed by atoms with Crippen molar-refractivity contribution in [2.45, 2.75) is 33.2 Å². The first-order valence-electron chi connectivity index (χ1n) is 6.24. The molecule has 0 aliphatic heterocycles. The Kier molecular flexibility index (Phi) is 4.27. The first-order valence-corrected chi connectivity index (χ1v) is 7.32. The summed E-state index contributed by atoms with van der Waals surface area (Å²) in [5.41, 5.74) is 10.4. The maximum Gasteiger partial charge on any atom is 0.0854 e. The molecule has 96 valence electrons. The summed E-state index contributed by atoms with van der Waals surface area (Å²) in [6.45, 7) is 5.01. The summed E-state index contributed by atoms with van der Waals surface area (Å²) in [6, 6.07) is 8.53. The number of nitrogen functional groups attached to an aromatic ring is 1. The van der Waals surface area contributed by atoms with Crippen molar-refractivity contribution >= 4 is 28.3 Å². The predicted molar refractivity (Wildman–Crippen MR) is 83.7 cm³/mol. The highest BCUT2D eigenvalue weighted by Gasteiger charge is 2.12. The van der Waals surface area contributed by atoms with Crippen molar-refractivity contribution in [2.75, 3.05) is 5.73 Å². The minimum atomic E-state index is 0.796. The smallest absolute Gasteiger partial charge is 0.0854 e. The minimum Gasteiger partial charge on any atom is -0.396 e. The van der Waals surface area contributed by atoms with Gasteiger partial charge in [0.2, 0.25) is 0 Å². The number of nitrogens with two attached hydrogens (primary N) is 1. The van der Waals surface area contributed by atoms with E-state index in [1.54, 1.807) is 0 Å². The molecule has 2 aromatic rings. The van der Waals surface area contributed by atoms with Gasteiger partial charge in [-0.2, -0.15) is 5.10 Å². The van der Waals surface area contributed by atoms with Gasteiger partial charge < -0.3 is 5.73 Å². The second kappa shape index (κ2) is 5.73. The highest BCUT2D eigenvalue weighted by Crippen LogP contribution is 2.19. The average molecular weight is 355 g/mol. The molecule has 0 aliphatic carbocycles. The van der Waals surface area contributed by atoms with Gasteiger partial charge in [-0.1, -0.05) is 26.0 Å². The lowest BCUT2D eigenvalue weighted by molar-refractivity contribution is 0.640. The second-order valence-corrected chi connectivity index (χ2v) is 5.54. The second-order valence-electron chi connectivity index (χ2n) is 4.30. The maximum atomic E-state index is 6.12. The fourth-order valence-corrected chi connectivity index (χ4v) is 2.45. The van der Waals surface area contributed by atoms with E-state index in [-0.39, 0.29) is 0 Å². The normalized spacial score (nSPS) is 10.8. The Morgan fingerprint density at radius 3 is 2.39 bits per heavy atom. The molecule has 1 heterocycles. The molecule has 1 aromatic carbocycles. The third-order valence-electron chi connectivity index (χ3n) is 3.09. The molecule has 0 bridgehead atoms. The van der Waals surface area contributed by atoms with Gasteiger partial charge in [-0.05, 0) is 53.1 Å². The highest BCUT2D eigenvalue weighted by atomic mass is 127. The van der Waals surface area contributed by atoms with Gasteiger partial charge in [0, 0.05) is 3.57 Å². The van der Waals surface area contributed by atoms with Crippen LogP contribution in [0, 0.1) is 3.57 Å². The summed E-state index contributed by atoms with van der Waals surface area (Å²) in [5.74, 6) is 0. The standard InChI is InChI=1S/C14H18IN3/c1-3-12-14(16)13(4-2)18(17-12)9-10-5-7-11(15)8-6-10/h5-8H,3-4,9,16H2,1-2H3. The van der Waals surface area contributed by atoms with Gasteiger partial charge in [0.15, 0.2) is 0 Å². The quantitative estimate of drug-likeness (QED) is 0.856. The zero-order chi connectivity index (χ0) is 13.1. The van der Waals surface area contributed by atoms with E-state index < -0.39 is 0 Å². The molecule has 4 heteroatoms. The van der Waals surface area contributed by atoms with Crippen molar-refractivity contribution in [3.8, 4) is 0 Å². The molecular weight excluding hydrogens is 337 g/mol. The fraction of sp³-hybridized carbons (Fsp3) is 0.357. The Hall–Kier alpha value is -1.04. The van der Waals surface area contributed by atoms with E-state index >= 15 is 0 Å². The molecule has 0 unspecified atom stereocenters. The van der Waals surface area contributed by atoms with Crippen LogP contribution >= 0.6 is 22.6 Å². The Bertz CT molecular complexity index is 529. The van der Waals surface area contributed by atoms with Crippen LogP contribution in [-0.4, -0.2) is 9.78 Å². The highest BCUT2D eigenvalue weighted by molar-refractivity contribution is 14.1. The Labute approximate surface area is 122 Å². The van der Waals surface area contributed by atoms with Crippen LogP contribution in [0.5, 0.6) is 0 Å². The van der Waals surface area contributed by atoms with Gasteiger partial charge in [-0.15, -0.1) is 0 Å². The summed E-state index contributed by atoms with van der Waals surface area (Å²) < 4.78 is 3.29. The van der Waals surface area contributed by atoms with E-state index in [1.165, 1.54) is 9.13 Å². The Morgan fingerprint density at radius 2 is 1.83 bits per heavy atom. The van der Waals surface area contributed by atoms with Crippen molar-refractivity contribution in [1.29, 1.82) is 0 Å². The van der Waals surface area contributed by atoms with Crippen LogP contribution in [0.1, 0.15) is 30.8 Å². The molecule has 1 aromatic heterocycles. The van der Waals surface area contributed by atoms with Crippen LogP contribution in [0.25, 0.3) is 0 Å². The fourth-order valence-electron chi connectivity index (χ4n) is 2.09. The third kappa shape index (κ3) is 2.68. The first kappa shape index (κ1) is 13.4. The minimum absolute atomic E-state index is 0.796. The molecule has 0 atom stereocenters. The lowest BCUT2D eigenvalue weighted by atomic mass is 10.2. The van der Waals surface area contributed by atoms with Gasteiger partial charge in [0.25, 0.3) is 0 Å². The SMILES string of the molecule is CCc1nn(Cc2ccc(I)cc2)c(CC)c1N. The molecule has 0 fully saturated rings. The van der Waals surface area contributed by atoms with Crippen molar-refractivity contribution in [3.63, 3.8) is 0 Å². The summed E-state index contributed by atoms with van der Waals surface area (Å²) in [6.07, 6.45) is 1.81. The van der Waals surface area contributed by atoms with Gasteiger partial charge in [0.05, 0.1) is 23.6 Å². The van der Waals surface area contributed by atoms with E-state index in [0.717, 1.165) is 36.5 Å². The van der Waals surface area contributed by atoms with E-state index in [2.05, 4.69) is 65.8 Å². The van der Waals surface area contributed by atoms with Gasteiger partial charge >= 0.3 is 0 Å². The maximum absolute atomic E-state index is 6.12. The topological polar surface area (TPSA) is 43.8 Å². The van der Waals surface area contributed by atoms with E-state index in [4.69, 9.17) is 5.73 Å². The van der Waals surface area contributed by atoms with Crippen molar-refractivity contribution in [3.05, 3.63) is 44.8 Å². The summed E-state index contributed by atoms with van der Waals surface area (Å²) in [7, 11) is 0. The van der Waals surface area contributed by atoms with E-state index in [0.29, 0.717) is 0 Å². The molecular formula is C14H18IN3. The van der Waals surface area contributed by atoms with Crippen molar-refractivity contribution in [1.82, 2.24) is 9.78 Å². The lowest BCUT2D eigenvalue weighted by Gasteiger charge is -2.06. The molecule has 0 saturated heterocycles. The third-order valence-corrected chi connectivity index (χ3v) is 3.81. The molecule has 0 saturated carbocycles. The molecule has 0 spiro atoms. The molecule has 0 amide bonds.